The van der Waals surface area contributed by atoms with Gasteiger partial charge in [0.25, 0.3) is 5.91 Å². The minimum Gasteiger partial charge on any atom is -0.368 e. The molecule has 1 atom stereocenters. The minimum atomic E-state index is -0.258. The van der Waals surface area contributed by atoms with E-state index in [0.717, 1.165) is 12.0 Å². The van der Waals surface area contributed by atoms with Crippen molar-refractivity contribution in [2.75, 3.05) is 5.73 Å². The molecule has 2 heterocycles. The fourth-order valence-corrected chi connectivity index (χ4v) is 2.27. The van der Waals surface area contributed by atoms with Gasteiger partial charge in [-0.2, -0.15) is 0 Å². The predicted octanol–water partition coefficient (Wildman–Crippen LogP) is 2.28. The van der Waals surface area contributed by atoms with Gasteiger partial charge in [0.1, 0.15) is 5.69 Å². The summed E-state index contributed by atoms with van der Waals surface area (Å²) in [6.45, 7) is 6.01. The van der Waals surface area contributed by atoms with Crippen molar-refractivity contribution in [1.29, 1.82) is 0 Å². The Morgan fingerprint density at radius 2 is 2.14 bits per heavy atom. The maximum atomic E-state index is 12.4. The highest BCUT2D eigenvalue weighted by atomic mass is 16.1. The molecule has 1 amide bonds. The van der Waals surface area contributed by atoms with Crippen molar-refractivity contribution in [3.8, 4) is 0 Å². The highest BCUT2D eigenvalue weighted by Gasteiger charge is 2.18. The van der Waals surface area contributed by atoms with Gasteiger partial charge in [-0.1, -0.05) is 19.9 Å². The Kier molecular flexibility index (Phi) is 5.04. The van der Waals surface area contributed by atoms with E-state index < -0.39 is 0 Å². The number of aryl methyl sites for hydroxylation is 1. The molecule has 2 aromatic heterocycles. The van der Waals surface area contributed by atoms with Crippen LogP contribution in [0.1, 0.15) is 48.1 Å². The van der Waals surface area contributed by atoms with Crippen LogP contribution in [0.2, 0.25) is 0 Å². The quantitative estimate of drug-likeness (QED) is 0.883. The zero-order valence-corrected chi connectivity index (χ0v) is 13.1. The molecule has 6 heteroatoms. The molecule has 2 aromatic rings. The molecule has 2 rings (SSSR count). The highest BCUT2D eigenvalue weighted by molar-refractivity contribution is 5.92. The first kappa shape index (κ1) is 15.9. The summed E-state index contributed by atoms with van der Waals surface area (Å²) < 4.78 is 0. The van der Waals surface area contributed by atoms with Crippen molar-refractivity contribution in [2.45, 2.75) is 33.2 Å². The Morgan fingerprint density at radius 3 is 2.73 bits per heavy atom. The van der Waals surface area contributed by atoms with Crippen LogP contribution in [-0.4, -0.2) is 20.9 Å². The van der Waals surface area contributed by atoms with Crippen LogP contribution in [0.15, 0.2) is 30.6 Å². The third-order valence-corrected chi connectivity index (χ3v) is 3.20. The first-order chi connectivity index (χ1) is 10.5. The van der Waals surface area contributed by atoms with Crippen LogP contribution in [0, 0.1) is 12.8 Å². The second-order valence-corrected chi connectivity index (χ2v) is 5.69. The van der Waals surface area contributed by atoms with Crippen molar-refractivity contribution in [1.82, 2.24) is 20.3 Å². The van der Waals surface area contributed by atoms with Gasteiger partial charge in [0.15, 0.2) is 0 Å². The summed E-state index contributed by atoms with van der Waals surface area (Å²) in [7, 11) is 0. The molecule has 22 heavy (non-hydrogen) atoms. The molecular weight excluding hydrogens is 278 g/mol. The van der Waals surface area contributed by atoms with Crippen LogP contribution in [-0.2, 0) is 0 Å². The number of pyridine rings is 1. The molecule has 0 bridgehead atoms. The van der Waals surface area contributed by atoms with E-state index in [1.165, 1.54) is 0 Å². The van der Waals surface area contributed by atoms with Gasteiger partial charge in [-0.3, -0.25) is 9.78 Å². The van der Waals surface area contributed by atoms with Crippen molar-refractivity contribution >= 4 is 11.9 Å². The number of carbonyl (C=O) groups is 1. The van der Waals surface area contributed by atoms with Crippen LogP contribution in [0.5, 0.6) is 0 Å². The zero-order chi connectivity index (χ0) is 16.1. The van der Waals surface area contributed by atoms with Gasteiger partial charge in [-0.05, 0) is 37.0 Å². The van der Waals surface area contributed by atoms with Gasteiger partial charge in [0, 0.05) is 18.1 Å². The number of anilines is 1. The molecule has 0 aromatic carbocycles. The molecule has 116 valence electrons. The monoisotopic (exact) mass is 299 g/mol. The van der Waals surface area contributed by atoms with E-state index in [9.17, 15) is 4.79 Å². The second-order valence-electron chi connectivity index (χ2n) is 5.69. The summed E-state index contributed by atoms with van der Waals surface area (Å²) in [5.74, 6) is 0.279. The van der Waals surface area contributed by atoms with Crippen LogP contribution >= 0.6 is 0 Å². The number of nitrogens with two attached hydrogens (primary N) is 1. The van der Waals surface area contributed by atoms with Crippen molar-refractivity contribution in [2.24, 2.45) is 5.92 Å². The summed E-state index contributed by atoms with van der Waals surface area (Å²) in [5, 5.41) is 3.01. The van der Waals surface area contributed by atoms with Gasteiger partial charge >= 0.3 is 0 Å². The van der Waals surface area contributed by atoms with Crippen LogP contribution in [0.25, 0.3) is 0 Å². The Hall–Kier alpha value is -2.50. The van der Waals surface area contributed by atoms with E-state index in [0.29, 0.717) is 11.6 Å². The van der Waals surface area contributed by atoms with Crippen molar-refractivity contribution in [3.63, 3.8) is 0 Å². The van der Waals surface area contributed by atoms with Gasteiger partial charge in [-0.15, -0.1) is 0 Å². The standard InChI is InChI=1S/C16H21N5O/c1-10(2)7-13(12-5-4-6-18-9-12)20-15(22)14-8-11(3)19-16(17)21-14/h4-6,8-10,13H,7H2,1-3H3,(H,20,22)(H2,17,19,21). The molecule has 0 saturated carbocycles. The maximum Gasteiger partial charge on any atom is 0.270 e. The maximum absolute atomic E-state index is 12.4. The summed E-state index contributed by atoms with van der Waals surface area (Å²) in [6.07, 6.45) is 4.30. The lowest BCUT2D eigenvalue weighted by Gasteiger charge is -2.20. The molecule has 1 unspecified atom stereocenters. The predicted molar refractivity (Wildman–Crippen MR) is 85.1 cm³/mol. The van der Waals surface area contributed by atoms with Gasteiger partial charge < -0.3 is 11.1 Å². The molecule has 0 aliphatic rings. The van der Waals surface area contributed by atoms with Crippen LogP contribution in [0.4, 0.5) is 5.95 Å². The first-order valence-corrected chi connectivity index (χ1v) is 7.27. The second kappa shape index (κ2) is 6.98. The number of hydrogen-bond acceptors (Lipinski definition) is 5. The number of amides is 1. The summed E-state index contributed by atoms with van der Waals surface area (Å²) in [4.78, 5) is 24.5. The molecule has 0 aliphatic carbocycles. The fourth-order valence-electron chi connectivity index (χ4n) is 2.27. The largest absolute Gasteiger partial charge is 0.368 e. The van der Waals surface area contributed by atoms with Crippen LogP contribution in [0.3, 0.4) is 0 Å². The van der Waals surface area contributed by atoms with Gasteiger partial charge in [0.05, 0.1) is 6.04 Å². The van der Waals surface area contributed by atoms with Crippen LogP contribution < -0.4 is 11.1 Å². The topological polar surface area (TPSA) is 93.8 Å². The third-order valence-electron chi connectivity index (χ3n) is 3.20. The number of carbonyl (C=O) groups excluding carboxylic acids is 1. The number of rotatable bonds is 5. The molecule has 0 saturated heterocycles. The van der Waals surface area contributed by atoms with E-state index in [1.54, 1.807) is 25.4 Å². The first-order valence-electron chi connectivity index (χ1n) is 7.27. The molecule has 0 radical (unpaired) electrons. The van der Waals surface area contributed by atoms with E-state index >= 15 is 0 Å². The number of nitrogens with zero attached hydrogens (tertiary/aromatic N) is 3. The average molecular weight is 299 g/mol. The Bertz CT molecular complexity index is 622. The molecule has 0 fully saturated rings. The zero-order valence-electron chi connectivity index (χ0n) is 13.1. The lowest BCUT2D eigenvalue weighted by molar-refractivity contribution is 0.0926. The Labute approximate surface area is 130 Å². The fraction of sp³-hybridized carbons (Fsp3) is 0.375. The van der Waals surface area contributed by atoms with Gasteiger partial charge in [0.2, 0.25) is 5.95 Å². The third kappa shape index (κ3) is 4.25. The normalized spacial score (nSPS) is 12.2. The number of aromatic nitrogens is 3. The lowest BCUT2D eigenvalue weighted by Crippen LogP contribution is -2.30. The van der Waals surface area contributed by atoms with Crippen molar-refractivity contribution < 1.29 is 4.79 Å². The molecular formula is C16H21N5O. The molecule has 0 spiro atoms. The summed E-state index contributed by atoms with van der Waals surface area (Å²) >= 11 is 0. The van der Waals surface area contributed by atoms with E-state index in [1.807, 2.05) is 12.1 Å². The highest BCUT2D eigenvalue weighted by Crippen LogP contribution is 2.21. The molecule has 0 aliphatic heterocycles. The summed E-state index contributed by atoms with van der Waals surface area (Å²) in [6, 6.07) is 5.33. The minimum absolute atomic E-state index is 0.104. The number of hydrogen-bond donors (Lipinski definition) is 2. The Balaban J connectivity index is 2.21. The van der Waals surface area contributed by atoms with Crippen molar-refractivity contribution in [3.05, 3.63) is 47.5 Å². The summed E-state index contributed by atoms with van der Waals surface area (Å²) in [5.41, 5.74) is 7.53. The van der Waals surface area contributed by atoms with E-state index in [2.05, 4.69) is 34.1 Å². The number of nitrogen functional groups attached to an aromatic ring is 1. The average Bonchev–Trinajstić information content (AvgIpc) is 2.46. The SMILES string of the molecule is Cc1cc(C(=O)NC(CC(C)C)c2cccnc2)nc(N)n1. The van der Waals surface area contributed by atoms with E-state index in [4.69, 9.17) is 5.73 Å². The Morgan fingerprint density at radius 1 is 1.36 bits per heavy atom. The van der Waals surface area contributed by atoms with Gasteiger partial charge in [-0.25, -0.2) is 9.97 Å². The molecule has 6 nitrogen and oxygen atoms in total. The number of nitrogens with one attached hydrogen (secondary N) is 1. The van der Waals surface area contributed by atoms with E-state index in [-0.39, 0.29) is 23.6 Å². The smallest absolute Gasteiger partial charge is 0.270 e. The lowest BCUT2D eigenvalue weighted by atomic mass is 9.98. The molecule has 3 N–H and O–H groups in total.